The Morgan fingerprint density at radius 1 is 1.28 bits per heavy atom. The highest BCUT2D eigenvalue weighted by Crippen LogP contribution is 2.18. The number of benzene rings is 1. The Hall–Kier alpha value is -1.63. The van der Waals surface area contributed by atoms with Crippen molar-refractivity contribution in [2.45, 2.75) is 32.5 Å². The topological polar surface area (TPSA) is 54.0 Å². The standard InChI is InChI=1S/C19H29N3O3/c1-2-24-15-16-6-3-4-8-18(16)20-19(23)22-11-9-21(10-12-22)14-17-7-5-13-25-17/h3-4,6,8,17H,2,5,7,9-15H2,1H3,(H,20,23)/t17-/m1/s1. The largest absolute Gasteiger partial charge is 0.377 e. The maximum Gasteiger partial charge on any atom is 0.321 e. The van der Waals surface area contributed by atoms with Crippen LogP contribution in [0, 0.1) is 0 Å². The van der Waals surface area contributed by atoms with E-state index in [2.05, 4.69) is 10.2 Å². The molecule has 6 heteroatoms. The molecule has 2 heterocycles. The van der Waals surface area contributed by atoms with E-state index < -0.39 is 0 Å². The smallest absolute Gasteiger partial charge is 0.321 e. The lowest BCUT2D eigenvalue weighted by Gasteiger charge is -2.35. The van der Waals surface area contributed by atoms with Crippen LogP contribution >= 0.6 is 0 Å². The fourth-order valence-corrected chi connectivity index (χ4v) is 3.38. The molecule has 2 saturated heterocycles. The number of piperazine rings is 1. The summed E-state index contributed by atoms with van der Waals surface area (Å²) in [5, 5.41) is 3.04. The first-order valence-electron chi connectivity index (χ1n) is 9.32. The van der Waals surface area contributed by atoms with Crippen LogP contribution in [-0.2, 0) is 16.1 Å². The molecule has 3 rings (SSSR count). The number of ether oxygens (including phenoxy) is 2. The molecule has 0 bridgehead atoms. The van der Waals surface area contributed by atoms with Gasteiger partial charge in [-0.25, -0.2) is 4.79 Å². The maximum absolute atomic E-state index is 12.6. The quantitative estimate of drug-likeness (QED) is 0.859. The lowest BCUT2D eigenvalue weighted by molar-refractivity contribution is 0.0571. The van der Waals surface area contributed by atoms with Crippen LogP contribution in [0.25, 0.3) is 0 Å². The zero-order valence-corrected chi connectivity index (χ0v) is 15.1. The Balaban J connectivity index is 1.48. The number of nitrogens with one attached hydrogen (secondary N) is 1. The molecule has 1 aromatic rings. The third-order valence-electron chi connectivity index (χ3n) is 4.87. The molecule has 0 unspecified atom stereocenters. The normalized spacial score (nSPS) is 21.5. The highest BCUT2D eigenvalue weighted by atomic mass is 16.5. The Bertz CT molecular complexity index is 553. The van der Waals surface area contributed by atoms with Crippen molar-refractivity contribution in [3.05, 3.63) is 29.8 Å². The summed E-state index contributed by atoms with van der Waals surface area (Å²) in [6.45, 7) is 8.37. The van der Waals surface area contributed by atoms with Gasteiger partial charge >= 0.3 is 6.03 Å². The van der Waals surface area contributed by atoms with E-state index in [9.17, 15) is 4.79 Å². The van der Waals surface area contributed by atoms with Gasteiger partial charge in [0.15, 0.2) is 0 Å². The molecule has 6 nitrogen and oxygen atoms in total. The Morgan fingerprint density at radius 3 is 2.80 bits per heavy atom. The molecule has 2 aliphatic rings. The number of carbonyl (C=O) groups excluding carboxylic acids is 1. The van der Waals surface area contributed by atoms with E-state index in [4.69, 9.17) is 9.47 Å². The third-order valence-corrected chi connectivity index (χ3v) is 4.87. The molecule has 0 saturated carbocycles. The number of anilines is 1. The van der Waals surface area contributed by atoms with Crippen LogP contribution in [0.15, 0.2) is 24.3 Å². The van der Waals surface area contributed by atoms with Gasteiger partial charge in [0.2, 0.25) is 0 Å². The van der Waals surface area contributed by atoms with Gasteiger partial charge in [0.1, 0.15) is 0 Å². The number of amides is 2. The summed E-state index contributed by atoms with van der Waals surface area (Å²) in [5.41, 5.74) is 1.84. The van der Waals surface area contributed by atoms with Gasteiger partial charge in [-0.15, -0.1) is 0 Å². The van der Waals surface area contributed by atoms with E-state index in [1.165, 1.54) is 6.42 Å². The van der Waals surface area contributed by atoms with Crippen molar-refractivity contribution in [2.24, 2.45) is 0 Å². The molecule has 0 aromatic heterocycles. The zero-order chi connectivity index (χ0) is 17.5. The monoisotopic (exact) mass is 347 g/mol. The number of carbonyl (C=O) groups is 1. The fourth-order valence-electron chi connectivity index (χ4n) is 3.38. The minimum atomic E-state index is -0.0271. The highest BCUT2D eigenvalue weighted by Gasteiger charge is 2.25. The van der Waals surface area contributed by atoms with E-state index in [0.29, 0.717) is 19.3 Å². The predicted octanol–water partition coefficient (Wildman–Crippen LogP) is 2.55. The second-order valence-corrected chi connectivity index (χ2v) is 6.65. The molecule has 1 aromatic carbocycles. The van der Waals surface area contributed by atoms with Crippen molar-refractivity contribution < 1.29 is 14.3 Å². The molecule has 0 radical (unpaired) electrons. The van der Waals surface area contributed by atoms with Gasteiger partial charge in [0.05, 0.1) is 12.7 Å². The summed E-state index contributed by atoms with van der Waals surface area (Å²) in [7, 11) is 0. The summed E-state index contributed by atoms with van der Waals surface area (Å²) in [6, 6.07) is 7.80. The first-order valence-corrected chi connectivity index (χ1v) is 9.32. The van der Waals surface area contributed by atoms with Crippen molar-refractivity contribution in [1.29, 1.82) is 0 Å². The minimum Gasteiger partial charge on any atom is -0.377 e. The average molecular weight is 347 g/mol. The molecule has 138 valence electrons. The number of rotatable bonds is 6. The zero-order valence-electron chi connectivity index (χ0n) is 15.1. The van der Waals surface area contributed by atoms with Crippen molar-refractivity contribution in [1.82, 2.24) is 9.80 Å². The van der Waals surface area contributed by atoms with Gasteiger partial charge in [-0.3, -0.25) is 4.90 Å². The fraction of sp³-hybridized carbons (Fsp3) is 0.632. The summed E-state index contributed by atoms with van der Waals surface area (Å²) in [5.74, 6) is 0. The van der Waals surface area contributed by atoms with E-state index in [0.717, 1.165) is 57.0 Å². The number of urea groups is 1. The number of nitrogens with zero attached hydrogens (tertiary/aromatic N) is 2. The van der Waals surface area contributed by atoms with Crippen LogP contribution < -0.4 is 5.32 Å². The number of hydrogen-bond donors (Lipinski definition) is 1. The molecule has 0 aliphatic carbocycles. The summed E-state index contributed by atoms with van der Waals surface area (Å²) < 4.78 is 11.2. The lowest BCUT2D eigenvalue weighted by atomic mass is 10.2. The molecule has 1 atom stereocenters. The van der Waals surface area contributed by atoms with Gasteiger partial charge < -0.3 is 19.7 Å². The number of para-hydroxylation sites is 1. The van der Waals surface area contributed by atoms with Crippen molar-refractivity contribution in [2.75, 3.05) is 51.3 Å². The van der Waals surface area contributed by atoms with Crippen LogP contribution in [-0.4, -0.2) is 67.9 Å². The first-order chi connectivity index (χ1) is 12.3. The van der Waals surface area contributed by atoms with E-state index in [1.807, 2.05) is 36.1 Å². The Labute approximate surface area is 150 Å². The second-order valence-electron chi connectivity index (χ2n) is 6.65. The lowest BCUT2D eigenvalue weighted by Crippen LogP contribution is -2.51. The van der Waals surface area contributed by atoms with Crippen LogP contribution in [0.3, 0.4) is 0 Å². The molecule has 1 N–H and O–H groups in total. The van der Waals surface area contributed by atoms with Gasteiger partial charge in [0, 0.05) is 57.2 Å². The molecule has 2 aliphatic heterocycles. The molecule has 0 spiro atoms. The third kappa shape index (κ3) is 5.17. The Kier molecular flexibility index (Phi) is 6.67. The SMILES string of the molecule is CCOCc1ccccc1NC(=O)N1CCN(C[C@H]2CCCO2)CC1. The van der Waals surface area contributed by atoms with E-state index in [-0.39, 0.29) is 6.03 Å². The van der Waals surface area contributed by atoms with Crippen LogP contribution in [0.2, 0.25) is 0 Å². The first kappa shape index (κ1) is 18.2. The summed E-state index contributed by atoms with van der Waals surface area (Å²) >= 11 is 0. The predicted molar refractivity (Wildman–Crippen MR) is 97.8 cm³/mol. The summed E-state index contributed by atoms with van der Waals surface area (Å²) in [6.07, 6.45) is 2.72. The van der Waals surface area contributed by atoms with Crippen LogP contribution in [0.1, 0.15) is 25.3 Å². The van der Waals surface area contributed by atoms with Gasteiger partial charge in [-0.05, 0) is 25.8 Å². The maximum atomic E-state index is 12.6. The van der Waals surface area contributed by atoms with Crippen LogP contribution in [0.4, 0.5) is 10.5 Å². The van der Waals surface area contributed by atoms with E-state index >= 15 is 0 Å². The molecule has 2 fully saturated rings. The molecule has 2 amide bonds. The second kappa shape index (κ2) is 9.17. The number of hydrogen-bond acceptors (Lipinski definition) is 4. The van der Waals surface area contributed by atoms with E-state index in [1.54, 1.807) is 0 Å². The van der Waals surface area contributed by atoms with Gasteiger partial charge in [-0.1, -0.05) is 18.2 Å². The van der Waals surface area contributed by atoms with Crippen molar-refractivity contribution in [3.63, 3.8) is 0 Å². The highest BCUT2D eigenvalue weighted by molar-refractivity contribution is 5.90. The molecular formula is C19H29N3O3. The van der Waals surface area contributed by atoms with Crippen molar-refractivity contribution in [3.8, 4) is 0 Å². The molecular weight excluding hydrogens is 318 g/mol. The average Bonchev–Trinajstić information content (AvgIpc) is 3.14. The minimum absolute atomic E-state index is 0.0271. The van der Waals surface area contributed by atoms with Crippen molar-refractivity contribution >= 4 is 11.7 Å². The summed E-state index contributed by atoms with van der Waals surface area (Å²) in [4.78, 5) is 16.9. The molecule has 25 heavy (non-hydrogen) atoms. The Morgan fingerprint density at radius 2 is 2.08 bits per heavy atom. The van der Waals surface area contributed by atoms with Crippen LogP contribution in [0.5, 0.6) is 0 Å². The van der Waals surface area contributed by atoms with Gasteiger partial charge in [0.25, 0.3) is 0 Å². The van der Waals surface area contributed by atoms with Gasteiger partial charge in [-0.2, -0.15) is 0 Å².